The number of ketones is 2. The second kappa shape index (κ2) is 10.8. The molecular formula is C31H27N2NpO2-. The van der Waals surface area contributed by atoms with Gasteiger partial charge in [-0.1, -0.05) is 84.9 Å². The Balaban J connectivity index is 0.000000165. The number of nitrogens with zero attached hydrogens (tertiary/aromatic N) is 2. The Labute approximate surface area is 235 Å². The van der Waals surface area contributed by atoms with Gasteiger partial charge in [-0.25, -0.2) is 0 Å². The van der Waals surface area contributed by atoms with Crippen LogP contribution in [0.15, 0.2) is 97.1 Å². The van der Waals surface area contributed by atoms with Crippen LogP contribution < -0.4 is 4.90 Å². The SMILES string of the molecule is CC(=O)C1c2ccccc2N(C)c2ccccc21.CC(=O)C1c2ccccc2[N-]c2ccccc21.[Np]. The monoisotopic (exact) mass is 695 g/mol. The number of Topliss-reactive ketones (excluding diaryl/α,β-unsaturated/α-hetero) is 2. The molecule has 0 spiro atoms. The summed E-state index contributed by atoms with van der Waals surface area (Å²) in [4.78, 5) is 26.1. The van der Waals surface area contributed by atoms with Gasteiger partial charge in [-0.2, -0.15) is 0 Å². The second-order valence-corrected chi connectivity index (χ2v) is 8.99. The smallest absolute Gasteiger partial charge is 0.141 e. The Hall–Kier alpha value is -3.17. The molecule has 4 nitrogen and oxygen atoms in total. The Bertz CT molecular complexity index is 1340. The molecule has 0 saturated carbocycles. The van der Waals surface area contributed by atoms with E-state index in [4.69, 9.17) is 0 Å². The van der Waals surface area contributed by atoms with E-state index in [-0.39, 0.29) is 53.3 Å². The first-order chi connectivity index (χ1) is 17.0. The zero-order chi connectivity index (χ0) is 24.5. The molecular weight excluding hydrogens is 669 g/mol. The molecule has 0 aliphatic carbocycles. The molecule has 179 valence electrons. The molecule has 0 unspecified atom stereocenters. The Morgan fingerprint density at radius 1 is 0.583 bits per heavy atom. The minimum atomic E-state index is -0.167. The van der Waals surface area contributed by atoms with Crippen molar-refractivity contribution in [2.75, 3.05) is 11.9 Å². The summed E-state index contributed by atoms with van der Waals surface area (Å²) in [5.74, 6) is 0.0660. The molecule has 4 aromatic rings. The van der Waals surface area contributed by atoms with Gasteiger partial charge in [-0.3, -0.25) is 9.59 Å². The second-order valence-electron chi connectivity index (χ2n) is 8.99. The van der Waals surface area contributed by atoms with Gasteiger partial charge in [-0.05, 0) is 48.2 Å². The van der Waals surface area contributed by atoms with Crippen LogP contribution in [-0.2, 0) is 9.59 Å². The summed E-state index contributed by atoms with van der Waals surface area (Å²) in [7, 11) is 2.05. The maximum absolute atomic E-state index is 12.0. The first-order valence-electron chi connectivity index (χ1n) is 11.8. The molecule has 2 aliphatic rings. The first-order valence-corrected chi connectivity index (χ1v) is 11.8. The Morgan fingerprint density at radius 3 is 1.33 bits per heavy atom. The van der Waals surface area contributed by atoms with E-state index in [1.54, 1.807) is 13.8 Å². The molecule has 4 aromatic carbocycles. The van der Waals surface area contributed by atoms with Crippen LogP contribution in [-0.4, -0.2) is 18.6 Å². The molecule has 0 bridgehead atoms. The summed E-state index contributed by atoms with van der Waals surface area (Å²) in [6.07, 6.45) is 0. The molecule has 0 aromatic heterocycles. The maximum atomic E-state index is 12.0. The van der Waals surface area contributed by atoms with Crippen molar-refractivity contribution in [2.45, 2.75) is 25.7 Å². The first kappa shape index (κ1) is 25.9. The van der Waals surface area contributed by atoms with Gasteiger partial charge in [0.1, 0.15) is 11.6 Å². The van der Waals surface area contributed by atoms with Gasteiger partial charge in [0.25, 0.3) is 0 Å². The largest absolute Gasteiger partial charge is 0.657 e. The quantitative estimate of drug-likeness (QED) is 0.218. The predicted molar refractivity (Wildman–Crippen MR) is 142 cm³/mol. The number of fused-ring (bicyclic) bond motifs is 4. The van der Waals surface area contributed by atoms with Crippen LogP contribution in [0.3, 0.4) is 0 Å². The summed E-state index contributed by atoms with van der Waals surface area (Å²) in [6, 6.07) is 32.0. The van der Waals surface area contributed by atoms with Crippen LogP contribution in [0, 0.1) is 29.9 Å². The van der Waals surface area contributed by atoms with Gasteiger partial charge in [0.05, 0.1) is 11.8 Å². The number of hydrogen-bond acceptors (Lipinski definition) is 3. The molecule has 2 heterocycles. The summed E-state index contributed by atoms with van der Waals surface area (Å²) in [5.41, 5.74) is 8.29. The van der Waals surface area contributed by atoms with E-state index in [9.17, 15) is 9.59 Å². The van der Waals surface area contributed by atoms with Crippen LogP contribution in [0.4, 0.5) is 22.7 Å². The average molecular weight is 697 g/mol. The van der Waals surface area contributed by atoms with E-state index >= 15 is 0 Å². The van der Waals surface area contributed by atoms with Crippen molar-refractivity contribution >= 4 is 34.3 Å². The molecule has 5 heteroatoms. The molecule has 1 radical (unpaired) electrons. The van der Waals surface area contributed by atoms with Crippen molar-refractivity contribution in [1.82, 2.24) is 0 Å². The standard InChI is InChI=1S/C16H15NO.C15H12NO.Np/c1-11(18)16-12-7-3-5-9-14(12)17(2)15-10-6-4-8-13(15)16;1-10(17)15-11-6-2-4-8-13(11)16-14-9-5-3-7-12(14)15;/h3-10,16H,1-2H3;2-9,15H,1H3;/q;-1;. The fourth-order valence-electron chi connectivity index (χ4n) is 5.21. The van der Waals surface area contributed by atoms with Crippen LogP contribution in [0.5, 0.6) is 0 Å². The molecule has 2 aliphatic heterocycles. The van der Waals surface area contributed by atoms with Crippen molar-refractivity contribution < 1.29 is 39.5 Å². The molecule has 0 N–H and O–H groups in total. The van der Waals surface area contributed by atoms with Crippen LogP contribution in [0.25, 0.3) is 5.32 Å². The zero-order valence-corrected chi connectivity index (χ0v) is 24.3. The number of benzene rings is 4. The van der Waals surface area contributed by atoms with E-state index in [0.717, 1.165) is 45.0 Å². The molecule has 0 saturated heterocycles. The number of para-hydroxylation sites is 4. The number of carbonyl (C=O) groups excluding carboxylic acids is 2. The van der Waals surface area contributed by atoms with Crippen molar-refractivity contribution in [3.05, 3.63) is 125 Å². The maximum Gasteiger partial charge on any atom is 0.141 e. The van der Waals surface area contributed by atoms with Gasteiger partial charge in [-0.15, -0.1) is 11.4 Å². The minimum absolute atomic E-state index is 0. The van der Waals surface area contributed by atoms with Crippen molar-refractivity contribution in [3.8, 4) is 0 Å². The third kappa shape index (κ3) is 4.65. The minimum Gasteiger partial charge on any atom is -0.657 e. The summed E-state index contributed by atoms with van der Waals surface area (Å²) >= 11 is 0. The van der Waals surface area contributed by atoms with E-state index in [1.807, 2.05) is 92.0 Å². The van der Waals surface area contributed by atoms with Gasteiger partial charge in [0.2, 0.25) is 0 Å². The third-order valence-corrected chi connectivity index (χ3v) is 6.77. The van der Waals surface area contributed by atoms with Gasteiger partial charge >= 0.3 is 0 Å². The molecule has 0 fully saturated rings. The van der Waals surface area contributed by atoms with Crippen molar-refractivity contribution in [2.24, 2.45) is 0 Å². The topological polar surface area (TPSA) is 51.5 Å². The summed E-state index contributed by atoms with van der Waals surface area (Å²) in [5, 5.41) is 4.59. The average Bonchev–Trinajstić information content (AvgIpc) is 2.87. The van der Waals surface area contributed by atoms with Gasteiger partial charge < -0.3 is 10.2 Å². The normalized spacial score (nSPS) is 13.4. The van der Waals surface area contributed by atoms with E-state index in [0.29, 0.717) is 0 Å². The summed E-state index contributed by atoms with van der Waals surface area (Å²) < 4.78 is 0. The number of rotatable bonds is 2. The van der Waals surface area contributed by atoms with Gasteiger partial charge in [0.15, 0.2) is 0 Å². The van der Waals surface area contributed by atoms with Crippen LogP contribution in [0.1, 0.15) is 47.9 Å². The van der Waals surface area contributed by atoms with Gasteiger partial charge in [0, 0.05) is 48.4 Å². The molecule has 36 heavy (non-hydrogen) atoms. The number of hydrogen-bond donors (Lipinski definition) is 0. The van der Waals surface area contributed by atoms with Crippen LogP contribution >= 0.6 is 0 Å². The van der Waals surface area contributed by atoms with E-state index < -0.39 is 0 Å². The number of carbonyl (C=O) groups is 2. The zero-order valence-electron chi connectivity index (χ0n) is 20.6. The third-order valence-electron chi connectivity index (χ3n) is 6.77. The van der Waals surface area contributed by atoms with E-state index in [2.05, 4.69) is 22.3 Å². The van der Waals surface area contributed by atoms with Crippen molar-refractivity contribution in [3.63, 3.8) is 0 Å². The number of anilines is 2. The summed E-state index contributed by atoms with van der Waals surface area (Å²) in [6.45, 7) is 3.31. The Morgan fingerprint density at radius 2 is 0.917 bits per heavy atom. The molecule has 0 amide bonds. The molecule has 6 rings (SSSR count). The molecule has 0 atom stereocenters. The fraction of sp³-hybridized carbons (Fsp3) is 0.161. The van der Waals surface area contributed by atoms with E-state index in [1.165, 1.54) is 0 Å². The predicted octanol–water partition coefficient (Wildman–Crippen LogP) is 7.55. The van der Waals surface area contributed by atoms with Crippen molar-refractivity contribution in [1.29, 1.82) is 0 Å². The Kier molecular flexibility index (Phi) is 7.80. The van der Waals surface area contributed by atoms with Crippen LogP contribution in [0.2, 0.25) is 0 Å². The fourth-order valence-corrected chi connectivity index (χ4v) is 5.21.